The molecular formula is C25H33N7O2S. The summed E-state index contributed by atoms with van der Waals surface area (Å²) in [5.74, 6) is 1.54. The number of aryl methyl sites for hydroxylation is 3. The lowest BCUT2D eigenvalue weighted by atomic mass is 9.91. The molecule has 1 saturated heterocycles. The topological polar surface area (TPSA) is 118 Å². The molecule has 1 aliphatic carbocycles. The van der Waals surface area contributed by atoms with Gasteiger partial charge in [-0.3, -0.25) is 4.79 Å². The van der Waals surface area contributed by atoms with Crippen LogP contribution in [-0.2, 0) is 17.6 Å². The van der Waals surface area contributed by atoms with Crippen LogP contribution in [0.25, 0.3) is 10.2 Å². The van der Waals surface area contributed by atoms with E-state index in [-0.39, 0.29) is 18.1 Å². The van der Waals surface area contributed by atoms with Gasteiger partial charge in [0.1, 0.15) is 21.3 Å². The van der Waals surface area contributed by atoms with E-state index >= 15 is 0 Å². The number of nitrogen functional groups attached to an aromatic ring is 1. The van der Waals surface area contributed by atoms with E-state index in [9.17, 15) is 4.79 Å². The van der Waals surface area contributed by atoms with Crippen LogP contribution in [0.15, 0.2) is 12.1 Å². The molecule has 3 unspecified atom stereocenters. The summed E-state index contributed by atoms with van der Waals surface area (Å²) >= 11 is 1.33. The number of aromatic nitrogens is 3. The number of ether oxygens (including phenoxy) is 1. The van der Waals surface area contributed by atoms with E-state index in [1.165, 1.54) is 16.9 Å². The maximum absolute atomic E-state index is 13.1. The van der Waals surface area contributed by atoms with Gasteiger partial charge in [-0.2, -0.15) is 0 Å². The lowest BCUT2D eigenvalue weighted by molar-refractivity contribution is 0.0938. The summed E-state index contributed by atoms with van der Waals surface area (Å²) in [6.07, 6.45) is 2.60. The van der Waals surface area contributed by atoms with E-state index in [4.69, 9.17) is 15.5 Å². The molecule has 5 rings (SSSR count). The van der Waals surface area contributed by atoms with Gasteiger partial charge in [-0.25, -0.2) is 15.0 Å². The third-order valence-corrected chi connectivity index (χ3v) is 8.13. The second kappa shape index (κ2) is 9.67. The monoisotopic (exact) mass is 495 g/mol. The van der Waals surface area contributed by atoms with Gasteiger partial charge in [0.25, 0.3) is 5.91 Å². The first-order chi connectivity index (χ1) is 16.9. The Morgan fingerprint density at radius 3 is 2.86 bits per heavy atom. The van der Waals surface area contributed by atoms with Crippen molar-refractivity contribution in [3.8, 4) is 0 Å². The fourth-order valence-corrected chi connectivity index (χ4v) is 6.40. The fraction of sp³-hybridized carbons (Fsp3) is 0.520. The highest BCUT2D eigenvalue weighted by molar-refractivity contribution is 7.21. The number of hydrogen-bond donors (Lipinski definition) is 3. The maximum atomic E-state index is 13.1. The number of nitrogens with zero attached hydrogens (tertiary/aromatic N) is 4. The van der Waals surface area contributed by atoms with Gasteiger partial charge in [0, 0.05) is 31.9 Å². The van der Waals surface area contributed by atoms with Gasteiger partial charge in [-0.1, -0.05) is 13.0 Å². The van der Waals surface area contributed by atoms with Gasteiger partial charge >= 0.3 is 0 Å². The van der Waals surface area contributed by atoms with E-state index in [0.717, 1.165) is 66.3 Å². The number of carbonyl (C=O) groups is 1. The van der Waals surface area contributed by atoms with E-state index in [1.54, 1.807) is 7.11 Å². The number of pyridine rings is 1. The molecule has 1 fully saturated rings. The molecular weight excluding hydrogens is 462 g/mol. The molecule has 10 heteroatoms. The Labute approximate surface area is 209 Å². The molecule has 0 aromatic carbocycles. The third kappa shape index (κ3) is 4.57. The second-order valence-electron chi connectivity index (χ2n) is 9.41. The SMILES string of the molecule is CCNC1CN(c2ccc3c(n2)CCC(NC(=O)c2sc4nc(C)nc(C)c4c2N)C3)CC1OC. The minimum absolute atomic E-state index is 0.0453. The molecule has 4 heterocycles. The Hall–Kier alpha value is -2.82. The summed E-state index contributed by atoms with van der Waals surface area (Å²) < 4.78 is 5.68. The van der Waals surface area contributed by atoms with Crippen LogP contribution < -0.4 is 21.3 Å². The van der Waals surface area contributed by atoms with Crippen molar-refractivity contribution >= 4 is 39.0 Å². The van der Waals surface area contributed by atoms with E-state index < -0.39 is 0 Å². The van der Waals surface area contributed by atoms with Crippen molar-refractivity contribution < 1.29 is 9.53 Å². The van der Waals surface area contributed by atoms with Crippen molar-refractivity contribution in [2.75, 3.05) is 37.4 Å². The lowest BCUT2D eigenvalue weighted by Crippen LogP contribution is -2.40. The van der Waals surface area contributed by atoms with E-state index in [2.05, 4.69) is 44.6 Å². The largest absolute Gasteiger partial charge is 0.397 e. The maximum Gasteiger partial charge on any atom is 0.263 e. The van der Waals surface area contributed by atoms with Crippen LogP contribution in [0.1, 0.15) is 45.8 Å². The Kier molecular flexibility index (Phi) is 6.61. The number of hydrogen-bond acceptors (Lipinski definition) is 9. The normalized spacial score (nSPS) is 21.9. The van der Waals surface area contributed by atoms with Crippen LogP contribution >= 0.6 is 11.3 Å². The number of methoxy groups -OCH3 is 1. The molecule has 0 radical (unpaired) electrons. The quantitative estimate of drug-likeness (QED) is 0.477. The van der Waals surface area contributed by atoms with Gasteiger partial charge in [0.15, 0.2) is 0 Å². The zero-order valence-corrected chi connectivity index (χ0v) is 21.5. The predicted octanol–water partition coefficient (Wildman–Crippen LogP) is 2.39. The number of carbonyl (C=O) groups excluding carboxylic acids is 1. The third-order valence-electron chi connectivity index (χ3n) is 7.03. The Bertz CT molecular complexity index is 1260. The molecule has 9 nitrogen and oxygen atoms in total. The molecule has 4 N–H and O–H groups in total. The molecule has 2 aliphatic rings. The molecule has 3 aromatic rings. The minimum Gasteiger partial charge on any atom is -0.397 e. The summed E-state index contributed by atoms with van der Waals surface area (Å²) in [7, 11) is 1.77. The van der Waals surface area contributed by atoms with Crippen molar-refractivity contribution in [1.82, 2.24) is 25.6 Å². The molecule has 1 amide bonds. The van der Waals surface area contributed by atoms with Crippen molar-refractivity contribution in [3.63, 3.8) is 0 Å². The summed E-state index contributed by atoms with van der Waals surface area (Å²) in [6.45, 7) is 8.51. The predicted molar refractivity (Wildman–Crippen MR) is 139 cm³/mol. The zero-order chi connectivity index (χ0) is 24.7. The Balaban J connectivity index is 1.27. The minimum atomic E-state index is -0.141. The van der Waals surface area contributed by atoms with Crippen molar-refractivity contribution in [3.05, 3.63) is 39.8 Å². The first-order valence-electron chi connectivity index (χ1n) is 12.2. The molecule has 35 heavy (non-hydrogen) atoms. The van der Waals surface area contributed by atoms with Crippen LogP contribution in [0.4, 0.5) is 11.5 Å². The summed E-state index contributed by atoms with van der Waals surface area (Å²) in [6, 6.07) is 4.61. The van der Waals surface area contributed by atoms with Crippen LogP contribution in [0.3, 0.4) is 0 Å². The molecule has 0 spiro atoms. The first kappa shape index (κ1) is 23.9. The Morgan fingerprint density at radius 2 is 2.09 bits per heavy atom. The number of fused-ring (bicyclic) bond motifs is 2. The van der Waals surface area contributed by atoms with Crippen molar-refractivity contribution in [2.45, 2.75) is 58.2 Å². The summed E-state index contributed by atoms with van der Waals surface area (Å²) in [5, 5.41) is 7.49. The van der Waals surface area contributed by atoms with Crippen LogP contribution in [0.2, 0.25) is 0 Å². The fourth-order valence-electron chi connectivity index (χ4n) is 5.31. The van der Waals surface area contributed by atoms with Gasteiger partial charge in [0.2, 0.25) is 0 Å². The number of anilines is 2. The van der Waals surface area contributed by atoms with Gasteiger partial charge in [-0.15, -0.1) is 11.3 Å². The van der Waals surface area contributed by atoms with E-state index in [0.29, 0.717) is 22.4 Å². The number of likely N-dealkylation sites (N-methyl/N-ethyl adjacent to an activating group) is 1. The first-order valence-corrected chi connectivity index (χ1v) is 13.0. The Morgan fingerprint density at radius 1 is 1.26 bits per heavy atom. The molecule has 3 aromatic heterocycles. The molecule has 0 bridgehead atoms. The molecule has 186 valence electrons. The van der Waals surface area contributed by atoms with E-state index in [1.807, 2.05) is 13.8 Å². The highest BCUT2D eigenvalue weighted by Gasteiger charge is 2.33. The number of amides is 1. The number of rotatable bonds is 6. The average Bonchev–Trinajstić information content (AvgIpc) is 3.39. The smallest absolute Gasteiger partial charge is 0.263 e. The van der Waals surface area contributed by atoms with Gasteiger partial charge in [-0.05, 0) is 51.3 Å². The van der Waals surface area contributed by atoms with Crippen molar-refractivity contribution in [1.29, 1.82) is 0 Å². The number of nitrogens with one attached hydrogen (secondary N) is 2. The van der Waals surface area contributed by atoms with Crippen molar-refractivity contribution in [2.24, 2.45) is 0 Å². The van der Waals surface area contributed by atoms with Crippen LogP contribution in [-0.4, -0.2) is 65.8 Å². The highest BCUT2D eigenvalue weighted by atomic mass is 32.1. The summed E-state index contributed by atoms with van der Waals surface area (Å²) in [4.78, 5) is 30.5. The standard InChI is InChI=1S/C25H33N7O2S/c1-5-27-18-11-32(12-19(18)34-4)20-9-6-15-10-16(7-8-17(15)31-20)30-24(33)23-22(26)21-13(2)28-14(3)29-25(21)35-23/h6,9,16,18-19,27H,5,7-8,10-12,26H2,1-4H3,(H,30,33). The highest BCUT2D eigenvalue weighted by Crippen LogP contribution is 2.34. The average molecular weight is 496 g/mol. The molecule has 1 aliphatic heterocycles. The second-order valence-corrected chi connectivity index (χ2v) is 10.4. The molecule has 3 atom stereocenters. The molecule has 0 saturated carbocycles. The lowest BCUT2D eigenvalue weighted by Gasteiger charge is -2.26. The number of thiophene rings is 1. The number of nitrogens with two attached hydrogens (primary N) is 1. The van der Waals surface area contributed by atoms with Crippen LogP contribution in [0.5, 0.6) is 0 Å². The summed E-state index contributed by atoms with van der Waals surface area (Å²) in [5.41, 5.74) is 9.93. The van der Waals surface area contributed by atoms with Gasteiger partial charge < -0.3 is 26.0 Å². The zero-order valence-electron chi connectivity index (χ0n) is 20.7. The van der Waals surface area contributed by atoms with Gasteiger partial charge in [0.05, 0.1) is 28.9 Å². The van der Waals surface area contributed by atoms with Crippen LogP contribution in [0, 0.1) is 13.8 Å².